The number of benzene rings is 2. The van der Waals surface area contributed by atoms with E-state index >= 15 is 0 Å². The molecule has 1 atom stereocenters. The van der Waals surface area contributed by atoms with Crippen LogP contribution in [-0.2, 0) is 10.3 Å². The van der Waals surface area contributed by atoms with Crippen molar-refractivity contribution in [1.29, 1.82) is 0 Å². The average Bonchev–Trinajstić information content (AvgIpc) is 2.68. The molecule has 1 heterocycles. The summed E-state index contributed by atoms with van der Waals surface area (Å²) in [7, 11) is 0. The summed E-state index contributed by atoms with van der Waals surface area (Å²) in [5.74, 6) is 0.333. The highest BCUT2D eigenvalue weighted by molar-refractivity contribution is 5.91. The van der Waals surface area contributed by atoms with E-state index < -0.39 is 17.8 Å². The van der Waals surface area contributed by atoms with Gasteiger partial charge >= 0.3 is 6.09 Å². The molecule has 1 aliphatic rings. The Bertz CT molecular complexity index is 970. The summed E-state index contributed by atoms with van der Waals surface area (Å²) < 4.78 is 5.60. The minimum atomic E-state index is -0.818. The number of hydrogen-bond donors (Lipinski definition) is 4. The quantitative estimate of drug-likeness (QED) is 0.530. The molecule has 1 amide bonds. The number of carbonyl (C=O) groups excluding carboxylic acids is 1. The van der Waals surface area contributed by atoms with Crippen molar-refractivity contribution < 1.29 is 24.9 Å². The third-order valence-electron chi connectivity index (χ3n) is 5.82. The van der Waals surface area contributed by atoms with Gasteiger partial charge in [0.15, 0.2) is 0 Å². The van der Waals surface area contributed by atoms with Crippen LogP contribution in [0, 0.1) is 6.92 Å². The predicted octanol–water partition coefficient (Wildman–Crippen LogP) is 4.09. The summed E-state index contributed by atoms with van der Waals surface area (Å²) in [5.41, 5.74) is 1.76. The van der Waals surface area contributed by atoms with E-state index in [0.29, 0.717) is 25.1 Å². The van der Waals surface area contributed by atoms with E-state index in [0.717, 1.165) is 16.8 Å². The van der Waals surface area contributed by atoms with Crippen molar-refractivity contribution in [1.82, 2.24) is 5.32 Å². The monoisotopic (exact) mass is 428 g/mol. The van der Waals surface area contributed by atoms with E-state index in [1.807, 2.05) is 13.8 Å². The minimum absolute atomic E-state index is 0.130. The summed E-state index contributed by atoms with van der Waals surface area (Å²) in [5, 5.41) is 33.4. The zero-order valence-corrected chi connectivity index (χ0v) is 18.8. The number of carbonyl (C=O) groups is 1. The number of phenolic OH excluding ortho intramolecular Hbond substituents is 2. The first-order chi connectivity index (χ1) is 14.4. The highest BCUT2D eigenvalue weighted by Gasteiger charge is 2.39. The van der Waals surface area contributed by atoms with Crippen LogP contribution in [-0.4, -0.2) is 40.0 Å². The van der Waals surface area contributed by atoms with Crippen LogP contribution in [0.25, 0.3) is 0 Å². The molecule has 0 fully saturated rings. The van der Waals surface area contributed by atoms with Gasteiger partial charge in [-0.2, -0.15) is 0 Å². The van der Waals surface area contributed by atoms with Crippen molar-refractivity contribution in [2.24, 2.45) is 0 Å². The zero-order chi connectivity index (χ0) is 23.0. The number of ether oxygens (including phenoxy) is 1. The molecule has 7 heteroatoms. The topological polar surface area (TPSA) is 102 Å². The van der Waals surface area contributed by atoms with Crippen molar-refractivity contribution >= 4 is 11.8 Å². The van der Waals surface area contributed by atoms with Crippen LogP contribution >= 0.6 is 0 Å². The van der Waals surface area contributed by atoms with Gasteiger partial charge in [-0.25, -0.2) is 4.79 Å². The van der Waals surface area contributed by atoms with Gasteiger partial charge < -0.3 is 25.4 Å². The van der Waals surface area contributed by atoms with Gasteiger partial charge in [-0.1, -0.05) is 6.07 Å². The Morgan fingerprint density at radius 1 is 1.16 bits per heavy atom. The molecular weight excluding hydrogens is 396 g/mol. The number of rotatable bonds is 7. The van der Waals surface area contributed by atoms with Gasteiger partial charge in [-0.3, -0.25) is 4.90 Å². The number of aliphatic hydroxyl groups excluding tert-OH is 1. The lowest BCUT2D eigenvalue weighted by Crippen LogP contribution is -2.48. The first-order valence-electron chi connectivity index (χ1n) is 10.5. The van der Waals surface area contributed by atoms with Crippen LogP contribution in [0.1, 0.15) is 56.9 Å². The average molecular weight is 429 g/mol. The van der Waals surface area contributed by atoms with Crippen molar-refractivity contribution in [3.63, 3.8) is 0 Å². The van der Waals surface area contributed by atoms with Crippen molar-refractivity contribution in [2.75, 3.05) is 18.0 Å². The molecule has 0 radical (unpaired) electrons. The highest BCUT2D eigenvalue weighted by Crippen LogP contribution is 2.40. The molecule has 0 saturated heterocycles. The summed E-state index contributed by atoms with van der Waals surface area (Å²) in [6.45, 7) is 10.2. The Kier molecular flexibility index (Phi) is 6.21. The molecule has 3 rings (SSSR count). The normalized spacial score (nSPS) is 16.6. The summed E-state index contributed by atoms with van der Waals surface area (Å²) in [6.07, 6.45) is -0.522. The molecule has 0 saturated carbocycles. The zero-order valence-electron chi connectivity index (χ0n) is 18.8. The molecule has 2 aromatic rings. The highest BCUT2D eigenvalue weighted by atomic mass is 16.6. The molecule has 31 heavy (non-hydrogen) atoms. The van der Waals surface area contributed by atoms with Crippen molar-refractivity contribution in [2.45, 2.75) is 58.3 Å². The molecule has 0 bridgehead atoms. The van der Waals surface area contributed by atoms with E-state index in [-0.39, 0.29) is 17.0 Å². The molecule has 168 valence electrons. The molecule has 0 aliphatic carbocycles. The molecule has 7 nitrogen and oxygen atoms in total. The maximum absolute atomic E-state index is 12.6. The van der Waals surface area contributed by atoms with E-state index in [9.17, 15) is 20.1 Å². The summed E-state index contributed by atoms with van der Waals surface area (Å²) >= 11 is 0. The number of aliphatic hydroxyl groups is 1. The molecule has 0 aromatic heterocycles. The lowest BCUT2D eigenvalue weighted by molar-refractivity contribution is 0.0345. The molecule has 4 N–H and O–H groups in total. The number of aryl methyl sites for hydroxylation is 1. The van der Waals surface area contributed by atoms with Crippen LogP contribution in [0.3, 0.4) is 0 Å². The number of amides is 1. The second-order valence-electron chi connectivity index (χ2n) is 9.31. The molecule has 0 spiro atoms. The van der Waals surface area contributed by atoms with Crippen LogP contribution in [0.5, 0.6) is 11.5 Å². The number of phenols is 2. The fourth-order valence-corrected chi connectivity index (χ4v) is 3.74. The van der Waals surface area contributed by atoms with Crippen LogP contribution in [0.4, 0.5) is 10.5 Å². The largest absolute Gasteiger partial charge is 0.508 e. The van der Waals surface area contributed by atoms with E-state index in [1.165, 1.54) is 0 Å². The van der Waals surface area contributed by atoms with Gasteiger partial charge in [-0.05, 0) is 82.5 Å². The lowest BCUT2D eigenvalue weighted by atomic mass is 9.93. The van der Waals surface area contributed by atoms with Gasteiger partial charge in [0.25, 0.3) is 0 Å². The fourth-order valence-electron chi connectivity index (χ4n) is 3.74. The number of β-amino-alcohol motifs (C(OH)–C–C–N with tert-alkyl or cyclic N) is 1. The van der Waals surface area contributed by atoms with Crippen LogP contribution < -0.4 is 10.2 Å². The molecular formula is C24H32N2O5. The van der Waals surface area contributed by atoms with Gasteiger partial charge in [-0.15, -0.1) is 0 Å². The van der Waals surface area contributed by atoms with Crippen molar-refractivity contribution in [3.05, 3.63) is 53.1 Å². The predicted molar refractivity (Wildman–Crippen MR) is 119 cm³/mol. The number of anilines is 1. The first kappa shape index (κ1) is 22.9. The number of fused-ring (bicyclic) bond motifs is 1. The number of aromatic hydroxyl groups is 2. The van der Waals surface area contributed by atoms with Crippen LogP contribution in [0.15, 0.2) is 36.4 Å². The smallest absolute Gasteiger partial charge is 0.415 e. The second kappa shape index (κ2) is 8.40. The third kappa shape index (κ3) is 5.11. The minimum Gasteiger partial charge on any atom is -0.508 e. The fraction of sp³-hybridized carbons (Fsp3) is 0.458. The van der Waals surface area contributed by atoms with Gasteiger partial charge in [0.05, 0.1) is 11.8 Å². The SMILES string of the molecule is Cc1cc(C(O)CNC(C)(C)CCN2C(=O)OC(C)(C)c3cc(O)ccc32)ccc1O. The van der Waals surface area contributed by atoms with E-state index in [1.54, 1.807) is 62.1 Å². The summed E-state index contributed by atoms with van der Waals surface area (Å²) in [4.78, 5) is 14.2. The van der Waals surface area contributed by atoms with E-state index in [2.05, 4.69) is 5.32 Å². The third-order valence-corrected chi connectivity index (χ3v) is 5.82. The number of nitrogens with one attached hydrogen (secondary N) is 1. The van der Waals surface area contributed by atoms with Crippen molar-refractivity contribution in [3.8, 4) is 11.5 Å². The Hall–Kier alpha value is -2.77. The molecule has 1 unspecified atom stereocenters. The van der Waals surface area contributed by atoms with Gasteiger partial charge in [0.1, 0.15) is 17.1 Å². The number of hydrogen-bond acceptors (Lipinski definition) is 6. The maximum atomic E-state index is 12.6. The van der Waals surface area contributed by atoms with Gasteiger partial charge in [0.2, 0.25) is 0 Å². The number of nitrogens with zero attached hydrogens (tertiary/aromatic N) is 1. The maximum Gasteiger partial charge on any atom is 0.415 e. The Balaban J connectivity index is 1.65. The second-order valence-corrected chi connectivity index (χ2v) is 9.31. The number of cyclic esters (lactones) is 1. The lowest BCUT2D eigenvalue weighted by Gasteiger charge is -2.39. The Labute approximate surface area is 183 Å². The van der Waals surface area contributed by atoms with Crippen LogP contribution in [0.2, 0.25) is 0 Å². The molecule has 2 aromatic carbocycles. The first-order valence-corrected chi connectivity index (χ1v) is 10.5. The van der Waals surface area contributed by atoms with E-state index in [4.69, 9.17) is 4.74 Å². The molecule has 1 aliphatic heterocycles. The Morgan fingerprint density at radius 3 is 2.55 bits per heavy atom. The van der Waals surface area contributed by atoms with Gasteiger partial charge in [0, 0.05) is 24.2 Å². The summed E-state index contributed by atoms with van der Waals surface area (Å²) in [6, 6.07) is 10.0. The standard InChI is InChI=1S/C24H32N2O5/c1-15-12-16(6-9-20(15)28)21(29)14-25-23(2,3)10-11-26-19-8-7-17(27)13-18(19)24(4,5)31-22(26)30/h6-9,12-13,21,25,27-29H,10-11,14H2,1-5H3. The Morgan fingerprint density at radius 2 is 1.87 bits per heavy atom.